The van der Waals surface area contributed by atoms with E-state index in [1.165, 1.54) is 4.31 Å². The number of hydrogen-bond donors (Lipinski definition) is 1. The molecular weight excluding hydrogens is 424 g/mol. The Morgan fingerprint density at radius 1 is 1.03 bits per heavy atom. The molecule has 166 valence electrons. The minimum atomic E-state index is -3.71. The van der Waals surface area contributed by atoms with Crippen LogP contribution in [0.5, 0.6) is 5.75 Å². The van der Waals surface area contributed by atoms with Crippen LogP contribution >= 0.6 is 0 Å². The van der Waals surface area contributed by atoms with E-state index < -0.39 is 10.0 Å². The summed E-state index contributed by atoms with van der Waals surface area (Å²) >= 11 is 0. The zero-order valence-corrected chi connectivity index (χ0v) is 19.0. The summed E-state index contributed by atoms with van der Waals surface area (Å²) in [6.45, 7) is 4.71. The Balaban J connectivity index is 1.57. The normalized spacial score (nSPS) is 14.2. The van der Waals surface area contributed by atoms with Crippen molar-refractivity contribution in [3.05, 3.63) is 94.5 Å². The van der Waals surface area contributed by atoms with Gasteiger partial charge in [0.05, 0.1) is 4.90 Å². The van der Waals surface area contributed by atoms with Crippen LogP contribution in [-0.2, 0) is 23.1 Å². The summed E-state index contributed by atoms with van der Waals surface area (Å²) in [6, 6.07) is 20.2. The predicted octanol–water partition coefficient (Wildman–Crippen LogP) is 3.82. The number of amides is 1. The van der Waals surface area contributed by atoms with E-state index in [9.17, 15) is 13.2 Å². The van der Waals surface area contributed by atoms with Gasteiger partial charge in [0.15, 0.2) is 0 Å². The monoisotopic (exact) mass is 450 g/mol. The highest BCUT2D eigenvalue weighted by Crippen LogP contribution is 2.29. The molecule has 6 nitrogen and oxygen atoms in total. The van der Waals surface area contributed by atoms with Crippen molar-refractivity contribution in [2.45, 2.75) is 31.8 Å². The molecule has 1 heterocycles. The summed E-state index contributed by atoms with van der Waals surface area (Å²) < 4.78 is 34.0. The topological polar surface area (TPSA) is 75.7 Å². The molecule has 0 saturated carbocycles. The molecule has 0 aromatic heterocycles. The number of ether oxygens (including phenoxy) is 1. The van der Waals surface area contributed by atoms with Crippen LogP contribution in [0.25, 0.3) is 0 Å². The third kappa shape index (κ3) is 4.69. The van der Waals surface area contributed by atoms with E-state index >= 15 is 0 Å². The summed E-state index contributed by atoms with van der Waals surface area (Å²) in [4.78, 5) is 13.0. The second-order valence-electron chi connectivity index (χ2n) is 7.95. The van der Waals surface area contributed by atoms with Gasteiger partial charge in [-0.15, -0.1) is 0 Å². The van der Waals surface area contributed by atoms with Gasteiger partial charge in [0.25, 0.3) is 5.91 Å². The van der Waals surface area contributed by atoms with Crippen LogP contribution in [0.4, 0.5) is 0 Å². The van der Waals surface area contributed by atoms with E-state index in [2.05, 4.69) is 5.32 Å². The van der Waals surface area contributed by atoms with Crippen molar-refractivity contribution in [1.82, 2.24) is 9.62 Å². The van der Waals surface area contributed by atoms with Gasteiger partial charge >= 0.3 is 0 Å². The Bertz CT molecular complexity index is 1240. The Labute approximate surface area is 188 Å². The van der Waals surface area contributed by atoms with Gasteiger partial charge in [-0.25, -0.2) is 8.42 Å². The summed E-state index contributed by atoms with van der Waals surface area (Å²) in [5, 5.41) is 2.91. The van der Waals surface area contributed by atoms with Crippen LogP contribution in [0.15, 0.2) is 71.6 Å². The molecule has 0 bridgehead atoms. The SMILES string of the molecule is Cc1ccc(C)c(S(=O)(=O)N2CCOc3ccc(C(=O)NCc4ccccc4)cc3C2)c1. The first-order chi connectivity index (χ1) is 15.3. The van der Waals surface area contributed by atoms with Crippen LogP contribution < -0.4 is 10.1 Å². The molecule has 1 amide bonds. The average molecular weight is 451 g/mol. The van der Waals surface area contributed by atoms with Crippen molar-refractivity contribution >= 4 is 15.9 Å². The van der Waals surface area contributed by atoms with Crippen molar-refractivity contribution in [2.75, 3.05) is 13.2 Å². The van der Waals surface area contributed by atoms with Crippen LogP contribution in [0.2, 0.25) is 0 Å². The summed E-state index contributed by atoms with van der Waals surface area (Å²) in [5.41, 5.74) is 3.73. The molecule has 0 radical (unpaired) electrons. The van der Waals surface area contributed by atoms with Gasteiger partial charge in [-0.05, 0) is 54.8 Å². The maximum Gasteiger partial charge on any atom is 0.251 e. The minimum Gasteiger partial charge on any atom is -0.492 e. The zero-order valence-electron chi connectivity index (χ0n) is 18.2. The lowest BCUT2D eigenvalue weighted by molar-refractivity contribution is 0.0950. The fourth-order valence-electron chi connectivity index (χ4n) is 3.72. The second-order valence-corrected chi connectivity index (χ2v) is 9.85. The number of nitrogens with one attached hydrogen (secondary N) is 1. The third-order valence-corrected chi connectivity index (χ3v) is 7.51. The van der Waals surface area contributed by atoms with Gasteiger partial charge in [0.1, 0.15) is 12.4 Å². The molecule has 0 saturated heterocycles. The van der Waals surface area contributed by atoms with E-state index in [0.717, 1.165) is 11.1 Å². The summed E-state index contributed by atoms with van der Waals surface area (Å²) in [7, 11) is -3.71. The molecule has 0 atom stereocenters. The van der Waals surface area contributed by atoms with E-state index in [-0.39, 0.29) is 25.6 Å². The van der Waals surface area contributed by atoms with E-state index in [0.29, 0.717) is 33.9 Å². The van der Waals surface area contributed by atoms with Gasteiger partial charge in [-0.3, -0.25) is 4.79 Å². The third-order valence-electron chi connectivity index (χ3n) is 5.52. The van der Waals surface area contributed by atoms with Crippen molar-refractivity contribution in [3.8, 4) is 5.75 Å². The van der Waals surface area contributed by atoms with Gasteiger partial charge in [-0.2, -0.15) is 4.31 Å². The van der Waals surface area contributed by atoms with Crippen molar-refractivity contribution < 1.29 is 17.9 Å². The lowest BCUT2D eigenvalue weighted by Gasteiger charge is -2.21. The van der Waals surface area contributed by atoms with E-state index in [4.69, 9.17) is 4.74 Å². The number of fused-ring (bicyclic) bond motifs is 1. The number of aryl methyl sites for hydroxylation is 2. The van der Waals surface area contributed by atoms with Crippen LogP contribution in [-0.4, -0.2) is 31.8 Å². The molecule has 4 rings (SSSR count). The number of carbonyl (C=O) groups excluding carboxylic acids is 1. The van der Waals surface area contributed by atoms with Crippen molar-refractivity contribution in [2.24, 2.45) is 0 Å². The second kappa shape index (κ2) is 9.14. The van der Waals surface area contributed by atoms with Crippen molar-refractivity contribution in [3.63, 3.8) is 0 Å². The lowest BCUT2D eigenvalue weighted by Crippen LogP contribution is -2.33. The van der Waals surface area contributed by atoms with Gasteiger partial charge in [0, 0.05) is 30.8 Å². The number of benzene rings is 3. The van der Waals surface area contributed by atoms with Gasteiger partial charge < -0.3 is 10.1 Å². The van der Waals surface area contributed by atoms with Crippen molar-refractivity contribution in [1.29, 1.82) is 0 Å². The van der Waals surface area contributed by atoms with Gasteiger partial charge in [-0.1, -0.05) is 42.5 Å². The Morgan fingerprint density at radius 2 is 1.81 bits per heavy atom. The molecule has 7 heteroatoms. The number of carbonyl (C=O) groups is 1. The molecule has 1 aliphatic heterocycles. The van der Waals surface area contributed by atoms with Crippen LogP contribution in [0, 0.1) is 13.8 Å². The molecule has 1 N–H and O–H groups in total. The predicted molar refractivity (Wildman–Crippen MR) is 123 cm³/mol. The summed E-state index contributed by atoms with van der Waals surface area (Å²) in [6.07, 6.45) is 0. The quantitative estimate of drug-likeness (QED) is 0.641. The molecule has 0 unspecified atom stereocenters. The van der Waals surface area contributed by atoms with Crippen LogP contribution in [0.3, 0.4) is 0 Å². The Kier molecular flexibility index (Phi) is 6.30. The lowest BCUT2D eigenvalue weighted by atomic mass is 10.1. The smallest absolute Gasteiger partial charge is 0.251 e. The van der Waals surface area contributed by atoms with E-state index in [1.807, 2.05) is 49.4 Å². The van der Waals surface area contributed by atoms with E-state index in [1.54, 1.807) is 31.2 Å². The number of sulfonamides is 1. The Hall–Kier alpha value is -3.16. The number of nitrogens with zero attached hydrogens (tertiary/aromatic N) is 1. The average Bonchev–Trinajstić information content (AvgIpc) is 3.02. The fraction of sp³-hybridized carbons (Fsp3) is 0.240. The highest BCUT2D eigenvalue weighted by molar-refractivity contribution is 7.89. The largest absolute Gasteiger partial charge is 0.492 e. The standard InChI is InChI=1S/C25H26N2O4S/c1-18-8-9-19(2)24(14-18)32(29,30)27-12-13-31-23-11-10-21(15-22(23)17-27)25(28)26-16-20-6-4-3-5-7-20/h3-11,14-15H,12-13,16-17H2,1-2H3,(H,26,28). The maximum absolute atomic E-state index is 13.4. The molecular formula is C25H26N2O4S. The molecule has 3 aromatic rings. The summed E-state index contributed by atoms with van der Waals surface area (Å²) in [5.74, 6) is 0.383. The molecule has 0 aliphatic carbocycles. The molecule has 3 aromatic carbocycles. The number of rotatable bonds is 5. The highest BCUT2D eigenvalue weighted by Gasteiger charge is 2.29. The zero-order chi connectivity index (χ0) is 22.7. The fourth-order valence-corrected chi connectivity index (χ4v) is 5.43. The maximum atomic E-state index is 13.4. The highest BCUT2D eigenvalue weighted by atomic mass is 32.2. The first kappa shape index (κ1) is 22.0. The number of hydrogen-bond acceptors (Lipinski definition) is 4. The first-order valence-corrected chi connectivity index (χ1v) is 11.9. The molecule has 32 heavy (non-hydrogen) atoms. The molecule has 0 spiro atoms. The molecule has 0 fully saturated rings. The van der Waals surface area contributed by atoms with Crippen LogP contribution in [0.1, 0.15) is 32.6 Å². The molecule has 1 aliphatic rings. The Morgan fingerprint density at radius 3 is 2.59 bits per heavy atom. The first-order valence-electron chi connectivity index (χ1n) is 10.5. The van der Waals surface area contributed by atoms with Gasteiger partial charge in [0.2, 0.25) is 10.0 Å². The minimum absolute atomic E-state index is 0.144.